The van der Waals surface area contributed by atoms with Crippen molar-refractivity contribution in [2.75, 3.05) is 33.5 Å². The molecule has 172 valence electrons. The summed E-state index contributed by atoms with van der Waals surface area (Å²) in [6, 6.07) is 7.39. The third kappa shape index (κ3) is 6.90. The molecule has 8 heteroatoms. The van der Waals surface area contributed by atoms with E-state index >= 15 is 0 Å². The fourth-order valence-electron chi connectivity index (χ4n) is 3.24. The van der Waals surface area contributed by atoms with Gasteiger partial charge in [0.25, 0.3) is 0 Å². The summed E-state index contributed by atoms with van der Waals surface area (Å²) < 4.78 is 25.7. The maximum atomic E-state index is 12.8. The van der Waals surface area contributed by atoms with Crippen molar-refractivity contribution in [3.8, 4) is 11.5 Å². The smallest absolute Gasteiger partial charge is 0.334 e. The summed E-state index contributed by atoms with van der Waals surface area (Å²) >= 11 is 1.15. The minimum absolute atomic E-state index is 0.189. The zero-order valence-corrected chi connectivity index (χ0v) is 19.5. The molecule has 0 aromatic heterocycles. The fourth-order valence-corrected chi connectivity index (χ4v) is 4.68. The second kappa shape index (κ2) is 12.6. The van der Waals surface area contributed by atoms with Crippen LogP contribution in [-0.4, -0.2) is 55.7 Å². The Kier molecular flexibility index (Phi) is 10.2. The zero-order chi connectivity index (χ0) is 22.7. The molecule has 0 N–H and O–H groups in total. The highest BCUT2D eigenvalue weighted by atomic mass is 32.2. The predicted octanol–water partition coefficient (Wildman–Crippen LogP) is 4.15. The van der Waals surface area contributed by atoms with Crippen LogP contribution in [0.1, 0.15) is 40.0 Å². The van der Waals surface area contributed by atoms with Crippen LogP contribution < -0.4 is 9.47 Å². The van der Waals surface area contributed by atoms with Gasteiger partial charge < -0.3 is 23.7 Å². The summed E-state index contributed by atoms with van der Waals surface area (Å²) in [4.78, 5) is 25.7. The fraction of sp³-hybridized carbons (Fsp3) is 0.565. The van der Waals surface area contributed by atoms with Gasteiger partial charge in [-0.2, -0.15) is 0 Å². The molecule has 0 bridgehead atoms. The van der Waals surface area contributed by atoms with E-state index in [4.69, 9.17) is 23.7 Å². The van der Waals surface area contributed by atoms with E-state index < -0.39 is 22.1 Å². The Hall–Kier alpha value is -2.19. The summed E-state index contributed by atoms with van der Waals surface area (Å²) in [5.74, 6) is 0.369. The first-order chi connectivity index (χ1) is 15.0. The third-order valence-corrected chi connectivity index (χ3v) is 6.06. The van der Waals surface area contributed by atoms with Gasteiger partial charge >= 0.3 is 11.9 Å². The Bertz CT molecular complexity index is 727. The molecule has 0 spiro atoms. The van der Waals surface area contributed by atoms with Crippen LogP contribution in [0.5, 0.6) is 11.5 Å². The lowest BCUT2D eigenvalue weighted by atomic mass is 9.94. The molecule has 0 amide bonds. The molecule has 0 saturated carbocycles. The largest absolute Gasteiger partial charge is 0.497 e. The summed E-state index contributed by atoms with van der Waals surface area (Å²) in [6.45, 7) is 6.66. The first-order valence-corrected chi connectivity index (χ1v) is 11.5. The highest BCUT2D eigenvalue weighted by Crippen LogP contribution is 2.44. The van der Waals surface area contributed by atoms with Crippen LogP contribution >= 0.6 is 11.8 Å². The predicted molar refractivity (Wildman–Crippen MR) is 119 cm³/mol. The zero-order valence-electron chi connectivity index (χ0n) is 18.7. The van der Waals surface area contributed by atoms with Gasteiger partial charge in [-0.15, -0.1) is 0 Å². The lowest BCUT2D eigenvalue weighted by Gasteiger charge is -2.35. The number of carbonyl (C=O) groups is 2. The molecule has 1 unspecified atom stereocenters. The summed E-state index contributed by atoms with van der Waals surface area (Å²) in [6.07, 6.45) is 3.61. The molecule has 7 nitrogen and oxygen atoms in total. The van der Waals surface area contributed by atoms with Crippen molar-refractivity contribution >= 4 is 23.7 Å². The average Bonchev–Trinajstić information content (AvgIpc) is 2.77. The van der Waals surface area contributed by atoms with Crippen molar-refractivity contribution in [2.24, 2.45) is 0 Å². The van der Waals surface area contributed by atoms with Gasteiger partial charge in [0.1, 0.15) is 16.9 Å². The van der Waals surface area contributed by atoms with E-state index in [-0.39, 0.29) is 19.6 Å². The molecule has 2 rings (SSSR count). The number of methoxy groups -OCH3 is 1. The van der Waals surface area contributed by atoms with E-state index in [1.807, 2.05) is 37.3 Å². The van der Waals surface area contributed by atoms with Crippen LogP contribution in [0.4, 0.5) is 0 Å². The Morgan fingerprint density at radius 1 is 1.00 bits per heavy atom. The van der Waals surface area contributed by atoms with E-state index in [1.54, 1.807) is 21.0 Å². The molecule has 0 saturated heterocycles. The van der Waals surface area contributed by atoms with Crippen molar-refractivity contribution in [3.63, 3.8) is 0 Å². The van der Waals surface area contributed by atoms with Crippen LogP contribution in [-0.2, 0) is 23.8 Å². The minimum Gasteiger partial charge on any atom is -0.497 e. The average molecular weight is 453 g/mol. The molecule has 0 fully saturated rings. The van der Waals surface area contributed by atoms with E-state index in [9.17, 15) is 9.59 Å². The number of carbonyl (C=O) groups excluding carboxylic acids is 2. The first kappa shape index (κ1) is 25.1. The van der Waals surface area contributed by atoms with Gasteiger partial charge in [-0.3, -0.25) is 0 Å². The van der Waals surface area contributed by atoms with E-state index in [1.165, 1.54) is 0 Å². The van der Waals surface area contributed by atoms with Gasteiger partial charge in [-0.25, -0.2) is 9.59 Å². The molecular weight excluding hydrogens is 420 g/mol. The van der Waals surface area contributed by atoms with E-state index in [0.717, 1.165) is 35.3 Å². The maximum absolute atomic E-state index is 12.8. The highest BCUT2D eigenvalue weighted by Gasteiger charge is 2.53. The molecule has 1 heterocycles. The number of esters is 2. The second-order valence-corrected chi connectivity index (χ2v) is 8.24. The van der Waals surface area contributed by atoms with Crippen molar-refractivity contribution in [2.45, 2.75) is 50.2 Å². The molecule has 1 atom stereocenters. The van der Waals surface area contributed by atoms with Crippen molar-refractivity contribution < 1.29 is 33.3 Å². The number of ether oxygens (including phenoxy) is 5. The van der Waals surface area contributed by atoms with Gasteiger partial charge in [-0.05, 0) is 64.0 Å². The summed E-state index contributed by atoms with van der Waals surface area (Å²) in [5, 5.41) is 0. The molecule has 0 aliphatic carbocycles. The van der Waals surface area contributed by atoms with Crippen molar-refractivity contribution in [1.29, 1.82) is 0 Å². The van der Waals surface area contributed by atoms with Crippen LogP contribution in [0.2, 0.25) is 0 Å². The Labute approximate surface area is 188 Å². The topological polar surface area (TPSA) is 80.3 Å². The molecule has 1 aliphatic heterocycles. The SMILES string of the molecule is CCOC(=O)C1(C(=O)OCC)CC(CCCOc2ccc(OC)cc2)=CC(OCC)S1. The van der Waals surface area contributed by atoms with Crippen LogP contribution in [0.25, 0.3) is 0 Å². The molecule has 0 radical (unpaired) electrons. The van der Waals surface area contributed by atoms with E-state index in [0.29, 0.717) is 19.6 Å². The summed E-state index contributed by atoms with van der Waals surface area (Å²) in [7, 11) is 1.62. The van der Waals surface area contributed by atoms with Gasteiger partial charge in [0.05, 0.1) is 26.9 Å². The van der Waals surface area contributed by atoms with Gasteiger partial charge in [0, 0.05) is 13.0 Å². The van der Waals surface area contributed by atoms with Crippen LogP contribution in [0.3, 0.4) is 0 Å². The standard InChI is InChI=1S/C23H32O7S/c1-5-27-20-15-17(9-8-14-30-19-12-10-18(26-4)11-13-19)16-23(31-20,21(24)28-6-2)22(25)29-7-3/h10-13,15,20H,5-9,14,16H2,1-4H3. The van der Waals surface area contributed by atoms with Crippen molar-refractivity contribution in [1.82, 2.24) is 0 Å². The Balaban J connectivity index is 2.07. The minimum atomic E-state index is -1.45. The Morgan fingerprint density at radius 3 is 2.16 bits per heavy atom. The number of rotatable bonds is 12. The first-order valence-electron chi connectivity index (χ1n) is 10.6. The lowest BCUT2D eigenvalue weighted by Crippen LogP contribution is -2.49. The van der Waals surface area contributed by atoms with Gasteiger partial charge in [0.15, 0.2) is 0 Å². The molecule has 1 aromatic rings. The maximum Gasteiger partial charge on any atom is 0.334 e. The molecular formula is C23H32O7S. The normalized spacial score (nSPS) is 17.4. The molecule has 1 aliphatic rings. The second-order valence-electron chi connectivity index (χ2n) is 6.84. The summed E-state index contributed by atoms with van der Waals surface area (Å²) in [5.41, 5.74) is 0.529. The number of allylic oxidation sites excluding steroid dienone is 1. The van der Waals surface area contributed by atoms with Crippen LogP contribution in [0.15, 0.2) is 35.9 Å². The van der Waals surface area contributed by atoms with Gasteiger partial charge in [-0.1, -0.05) is 17.3 Å². The number of benzene rings is 1. The molecule has 1 aromatic carbocycles. The third-order valence-electron chi connectivity index (χ3n) is 4.68. The Morgan fingerprint density at radius 2 is 1.61 bits per heavy atom. The molecule has 31 heavy (non-hydrogen) atoms. The lowest BCUT2D eigenvalue weighted by molar-refractivity contribution is -0.158. The van der Waals surface area contributed by atoms with Gasteiger partial charge in [0.2, 0.25) is 4.75 Å². The van der Waals surface area contributed by atoms with Crippen molar-refractivity contribution in [3.05, 3.63) is 35.9 Å². The number of thioether (sulfide) groups is 1. The highest BCUT2D eigenvalue weighted by molar-refractivity contribution is 8.02. The number of hydrogen-bond donors (Lipinski definition) is 0. The quantitative estimate of drug-likeness (QED) is 0.203. The monoisotopic (exact) mass is 452 g/mol. The number of hydrogen-bond acceptors (Lipinski definition) is 8. The van der Waals surface area contributed by atoms with E-state index in [2.05, 4.69) is 0 Å². The van der Waals surface area contributed by atoms with Crippen LogP contribution in [0, 0.1) is 0 Å².